The number of methoxy groups -OCH3 is 1. The molecule has 2 aromatic heterocycles. The number of rotatable bonds is 4. The largest absolute Gasteiger partial charge is 0.481 e. The molecule has 0 unspecified atom stereocenters. The highest BCUT2D eigenvalue weighted by atomic mass is 16.5. The summed E-state index contributed by atoms with van der Waals surface area (Å²) in [7, 11) is 3.44. The lowest BCUT2D eigenvalue weighted by atomic mass is 10.2. The predicted molar refractivity (Wildman–Crippen MR) is 73.5 cm³/mol. The molecule has 0 radical (unpaired) electrons. The molecule has 3 rings (SSSR count). The molecule has 0 aliphatic heterocycles. The first-order valence-electron chi connectivity index (χ1n) is 6.47. The Kier molecular flexibility index (Phi) is 3.14. The Morgan fingerprint density at radius 1 is 1.45 bits per heavy atom. The summed E-state index contributed by atoms with van der Waals surface area (Å²) >= 11 is 0. The number of ether oxygens (including phenoxy) is 1. The first-order valence-corrected chi connectivity index (χ1v) is 6.47. The Bertz CT molecular complexity index is 620. The van der Waals surface area contributed by atoms with Gasteiger partial charge in [-0.05, 0) is 24.0 Å². The molecule has 104 valence electrons. The van der Waals surface area contributed by atoms with Crippen molar-refractivity contribution in [1.82, 2.24) is 14.8 Å². The number of anilines is 1. The normalized spacial score (nSPS) is 20.5. The molecule has 2 atom stereocenters. The van der Waals surface area contributed by atoms with E-state index in [-0.39, 0.29) is 17.7 Å². The van der Waals surface area contributed by atoms with Crippen molar-refractivity contribution in [2.45, 2.75) is 12.3 Å². The summed E-state index contributed by atoms with van der Waals surface area (Å²) in [5.74, 6) is 0.879. The van der Waals surface area contributed by atoms with E-state index in [0.29, 0.717) is 11.6 Å². The number of hydrogen-bond acceptors (Lipinski definition) is 4. The summed E-state index contributed by atoms with van der Waals surface area (Å²) in [6.45, 7) is 0. The van der Waals surface area contributed by atoms with Crippen LogP contribution in [0.4, 0.5) is 5.69 Å². The highest BCUT2D eigenvalue weighted by Gasteiger charge is 2.44. The van der Waals surface area contributed by atoms with Crippen LogP contribution in [0.15, 0.2) is 30.7 Å². The number of pyridine rings is 1. The van der Waals surface area contributed by atoms with Crippen LogP contribution in [0.2, 0.25) is 0 Å². The number of aromatic nitrogens is 3. The lowest BCUT2D eigenvalue weighted by molar-refractivity contribution is -0.117. The van der Waals surface area contributed by atoms with Gasteiger partial charge in [-0.15, -0.1) is 0 Å². The first-order chi connectivity index (χ1) is 9.67. The van der Waals surface area contributed by atoms with Crippen LogP contribution >= 0.6 is 0 Å². The van der Waals surface area contributed by atoms with Gasteiger partial charge in [0.25, 0.3) is 0 Å². The monoisotopic (exact) mass is 272 g/mol. The third-order valence-corrected chi connectivity index (χ3v) is 3.49. The van der Waals surface area contributed by atoms with Gasteiger partial charge >= 0.3 is 0 Å². The summed E-state index contributed by atoms with van der Waals surface area (Å²) in [6, 6.07) is 3.51. The Balaban J connectivity index is 1.60. The molecule has 0 saturated heterocycles. The molecule has 1 aliphatic rings. The average Bonchev–Trinajstić information content (AvgIpc) is 3.15. The molecule has 20 heavy (non-hydrogen) atoms. The Morgan fingerprint density at radius 2 is 2.30 bits per heavy atom. The van der Waals surface area contributed by atoms with E-state index in [1.54, 1.807) is 30.1 Å². The van der Waals surface area contributed by atoms with Crippen LogP contribution in [-0.2, 0) is 11.8 Å². The van der Waals surface area contributed by atoms with Crippen LogP contribution in [0.5, 0.6) is 5.88 Å². The van der Waals surface area contributed by atoms with E-state index in [2.05, 4.69) is 15.4 Å². The molecule has 1 N–H and O–H groups in total. The second kappa shape index (κ2) is 4.96. The van der Waals surface area contributed by atoms with Gasteiger partial charge in [-0.3, -0.25) is 9.48 Å². The smallest absolute Gasteiger partial charge is 0.228 e. The summed E-state index contributed by atoms with van der Waals surface area (Å²) < 4.78 is 6.74. The molecule has 0 spiro atoms. The number of hydrogen-bond donors (Lipinski definition) is 1. The van der Waals surface area contributed by atoms with Gasteiger partial charge in [0, 0.05) is 25.2 Å². The number of carbonyl (C=O) groups is 1. The van der Waals surface area contributed by atoms with E-state index >= 15 is 0 Å². The van der Waals surface area contributed by atoms with Gasteiger partial charge in [0.1, 0.15) is 0 Å². The highest BCUT2D eigenvalue weighted by Crippen LogP contribution is 2.47. The number of nitrogens with zero attached hydrogens (tertiary/aromatic N) is 3. The van der Waals surface area contributed by atoms with Crippen LogP contribution in [0.3, 0.4) is 0 Å². The maximum atomic E-state index is 12.1. The molecule has 0 bridgehead atoms. The molecule has 1 amide bonds. The molecule has 2 heterocycles. The van der Waals surface area contributed by atoms with Crippen LogP contribution < -0.4 is 10.1 Å². The summed E-state index contributed by atoms with van der Waals surface area (Å²) in [5, 5.41) is 7.01. The van der Waals surface area contributed by atoms with E-state index in [4.69, 9.17) is 4.74 Å². The number of nitrogens with one attached hydrogen (secondary N) is 1. The highest BCUT2D eigenvalue weighted by molar-refractivity contribution is 5.95. The van der Waals surface area contributed by atoms with Crippen LogP contribution in [0.1, 0.15) is 17.9 Å². The zero-order chi connectivity index (χ0) is 14.1. The van der Waals surface area contributed by atoms with Gasteiger partial charge < -0.3 is 10.1 Å². The molecule has 1 aliphatic carbocycles. The second-order valence-electron chi connectivity index (χ2n) is 4.97. The fourth-order valence-corrected chi connectivity index (χ4v) is 2.29. The SMILES string of the molecule is COc1ccc(NC(=O)[C@@H]2C[C@H]2c2cnn(C)c2)cn1. The van der Waals surface area contributed by atoms with Crippen LogP contribution in [0, 0.1) is 5.92 Å². The van der Waals surface area contributed by atoms with Gasteiger partial charge in [-0.1, -0.05) is 0 Å². The molecule has 1 saturated carbocycles. The van der Waals surface area contributed by atoms with Crippen molar-refractivity contribution < 1.29 is 9.53 Å². The minimum Gasteiger partial charge on any atom is -0.481 e. The first kappa shape index (κ1) is 12.7. The summed E-state index contributed by atoms with van der Waals surface area (Å²) in [4.78, 5) is 16.2. The summed E-state index contributed by atoms with van der Waals surface area (Å²) in [5.41, 5.74) is 1.81. The zero-order valence-electron chi connectivity index (χ0n) is 11.4. The second-order valence-corrected chi connectivity index (χ2v) is 4.97. The average molecular weight is 272 g/mol. The minimum absolute atomic E-state index is 0.0290. The van der Waals surface area contributed by atoms with Crippen molar-refractivity contribution >= 4 is 11.6 Å². The molecular weight excluding hydrogens is 256 g/mol. The van der Waals surface area contributed by atoms with Crippen molar-refractivity contribution in [3.8, 4) is 5.88 Å². The van der Waals surface area contributed by atoms with Crippen molar-refractivity contribution in [3.05, 3.63) is 36.3 Å². The third kappa shape index (κ3) is 2.49. The topological polar surface area (TPSA) is 69.0 Å². The molecule has 6 heteroatoms. The molecule has 0 aromatic carbocycles. The fourth-order valence-electron chi connectivity index (χ4n) is 2.29. The molecule has 1 fully saturated rings. The lowest BCUT2D eigenvalue weighted by Crippen LogP contribution is -2.14. The van der Waals surface area contributed by atoms with E-state index in [9.17, 15) is 4.79 Å². The van der Waals surface area contributed by atoms with Crippen LogP contribution in [-0.4, -0.2) is 27.8 Å². The number of aryl methyl sites for hydroxylation is 1. The molecule has 2 aromatic rings. The predicted octanol–water partition coefficient (Wildman–Crippen LogP) is 1.57. The van der Waals surface area contributed by atoms with Gasteiger partial charge in [0.05, 0.1) is 25.2 Å². The molecule has 6 nitrogen and oxygen atoms in total. The van der Waals surface area contributed by atoms with E-state index in [1.807, 2.05) is 19.4 Å². The lowest BCUT2D eigenvalue weighted by Gasteiger charge is -2.05. The maximum absolute atomic E-state index is 12.1. The van der Waals surface area contributed by atoms with Crippen molar-refractivity contribution in [2.75, 3.05) is 12.4 Å². The van der Waals surface area contributed by atoms with Crippen molar-refractivity contribution in [2.24, 2.45) is 13.0 Å². The summed E-state index contributed by atoms with van der Waals surface area (Å²) in [6.07, 6.45) is 6.26. The zero-order valence-corrected chi connectivity index (χ0v) is 11.4. The van der Waals surface area contributed by atoms with Gasteiger partial charge in [-0.2, -0.15) is 5.10 Å². The Labute approximate surface area is 116 Å². The fraction of sp³-hybridized carbons (Fsp3) is 0.357. The van der Waals surface area contributed by atoms with E-state index < -0.39 is 0 Å². The third-order valence-electron chi connectivity index (χ3n) is 3.49. The minimum atomic E-state index is 0.0290. The van der Waals surface area contributed by atoms with Crippen molar-refractivity contribution in [1.29, 1.82) is 0 Å². The van der Waals surface area contributed by atoms with Gasteiger partial charge in [0.15, 0.2) is 0 Å². The van der Waals surface area contributed by atoms with Crippen molar-refractivity contribution in [3.63, 3.8) is 0 Å². The van der Waals surface area contributed by atoms with Crippen LogP contribution in [0.25, 0.3) is 0 Å². The van der Waals surface area contributed by atoms with E-state index in [1.165, 1.54) is 0 Å². The van der Waals surface area contributed by atoms with Gasteiger partial charge in [0.2, 0.25) is 11.8 Å². The standard InChI is InChI=1S/C14H16N4O2/c1-18-8-9(6-16-18)11-5-12(11)14(19)17-10-3-4-13(20-2)15-7-10/h3-4,6-8,11-12H,5H2,1-2H3,(H,17,19)/t11-,12+/m0/s1. The number of carbonyl (C=O) groups excluding carboxylic acids is 1. The van der Waals surface area contributed by atoms with Gasteiger partial charge in [-0.25, -0.2) is 4.98 Å². The molecular formula is C14H16N4O2. The van der Waals surface area contributed by atoms with E-state index in [0.717, 1.165) is 12.0 Å². The maximum Gasteiger partial charge on any atom is 0.228 e. The Morgan fingerprint density at radius 3 is 2.90 bits per heavy atom. The Hall–Kier alpha value is -2.37. The quantitative estimate of drug-likeness (QED) is 0.917. The number of amides is 1.